The van der Waals surface area contributed by atoms with E-state index in [0.717, 1.165) is 0 Å². The number of amides is 1. The van der Waals surface area contributed by atoms with E-state index < -0.39 is 0 Å². The van der Waals surface area contributed by atoms with Gasteiger partial charge >= 0.3 is 0 Å². The molecule has 30 heavy (non-hydrogen) atoms. The van der Waals surface area contributed by atoms with Gasteiger partial charge in [0.2, 0.25) is 5.91 Å². The van der Waals surface area contributed by atoms with Crippen molar-refractivity contribution in [2.24, 2.45) is 0 Å². The van der Waals surface area contributed by atoms with Crippen LogP contribution in [0.5, 0.6) is 11.5 Å². The number of hydrogen-bond acceptors (Lipinski definition) is 5. The van der Waals surface area contributed by atoms with Crippen LogP contribution in [0.3, 0.4) is 0 Å². The molecule has 0 aliphatic carbocycles. The average molecular weight is 425 g/mol. The minimum Gasteiger partial charge on any atom is -0.497 e. The number of carbonyl (C=O) groups excluding carboxylic acids is 2. The highest BCUT2D eigenvalue weighted by Gasteiger charge is 2.16. The van der Waals surface area contributed by atoms with Crippen molar-refractivity contribution in [2.75, 3.05) is 31.4 Å². The summed E-state index contributed by atoms with van der Waals surface area (Å²) in [6.45, 7) is -0.0160. The molecular weight excluding hydrogens is 404 g/mol. The molecule has 0 fully saturated rings. The predicted molar refractivity (Wildman–Crippen MR) is 118 cm³/mol. The number of carbonyl (C=O) groups is 2. The first-order valence-electron chi connectivity index (χ1n) is 9.16. The summed E-state index contributed by atoms with van der Waals surface area (Å²) in [5, 5.41) is 6.21. The van der Waals surface area contributed by atoms with Crippen molar-refractivity contribution in [1.82, 2.24) is 0 Å². The second-order valence-electron chi connectivity index (χ2n) is 6.39. The Balaban J connectivity index is 1.74. The summed E-state index contributed by atoms with van der Waals surface area (Å²) < 4.78 is 10.4. The molecule has 0 saturated carbocycles. The maximum atomic E-state index is 12.9. The van der Waals surface area contributed by atoms with Gasteiger partial charge in [-0.2, -0.15) is 0 Å². The molecule has 3 aromatic carbocycles. The number of ketones is 1. The molecule has 6 nitrogen and oxygen atoms in total. The van der Waals surface area contributed by atoms with Crippen molar-refractivity contribution >= 4 is 34.7 Å². The second-order valence-corrected chi connectivity index (χ2v) is 6.82. The van der Waals surface area contributed by atoms with E-state index in [0.29, 0.717) is 39.0 Å². The van der Waals surface area contributed by atoms with E-state index >= 15 is 0 Å². The summed E-state index contributed by atoms with van der Waals surface area (Å²) >= 11 is 6.08. The third-order valence-electron chi connectivity index (χ3n) is 4.34. The summed E-state index contributed by atoms with van der Waals surface area (Å²) in [6.07, 6.45) is 0. The van der Waals surface area contributed by atoms with Crippen LogP contribution in [0.1, 0.15) is 15.9 Å². The Morgan fingerprint density at radius 2 is 1.57 bits per heavy atom. The van der Waals surface area contributed by atoms with E-state index in [9.17, 15) is 9.59 Å². The fourth-order valence-electron chi connectivity index (χ4n) is 2.84. The van der Waals surface area contributed by atoms with Crippen LogP contribution in [0.15, 0.2) is 66.7 Å². The highest BCUT2D eigenvalue weighted by atomic mass is 35.5. The largest absolute Gasteiger partial charge is 0.497 e. The van der Waals surface area contributed by atoms with Crippen LogP contribution in [0.25, 0.3) is 0 Å². The van der Waals surface area contributed by atoms with Gasteiger partial charge in [0, 0.05) is 40.0 Å². The number of methoxy groups -OCH3 is 2. The topological polar surface area (TPSA) is 76.7 Å². The number of hydrogen-bond donors (Lipinski definition) is 2. The van der Waals surface area contributed by atoms with E-state index in [2.05, 4.69) is 10.6 Å². The Labute approximate surface area is 179 Å². The Hall–Kier alpha value is -3.51. The SMILES string of the molecule is COc1cc(NCC(=O)Nc2ccc(Cl)cc2C(=O)c2ccccc2)cc(OC)c1. The van der Waals surface area contributed by atoms with Crippen LogP contribution in [-0.4, -0.2) is 32.5 Å². The van der Waals surface area contributed by atoms with Gasteiger partial charge in [-0.15, -0.1) is 0 Å². The summed E-state index contributed by atoms with van der Waals surface area (Å²) in [5.41, 5.74) is 1.89. The number of halogens is 1. The standard InChI is InChI=1S/C23H21ClN2O4/c1-29-18-11-17(12-19(13-18)30-2)25-14-22(27)26-21-9-8-16(24)10-20(21)23(28)15-6-4-3-5-7-15/h3-13,25H,14H2,1-2H3,(H,26,27). The third kappa shape index (κ3) is 5.30. The lowest BCUT2D eigenvalue weighted by Gasteiger charge is -2.13. The van der Waals surface area contributed by atoms with Gasteiger partial charge in [-0.3, -0.25) is 9.59 Å². The molecule has 0 unspecified atom stereocenters. The normalized spacial score (nSPS) is 10.2. The Kier molecular flexibility index (Phi) is 6.93. The molecular formula is C23H21ClN2O4. The molecule has 154 valence electrons. The molecule has 0 radical (unpaired) electrons. The molecule has 0 spiro atoms. The number of rotatable bonds is 8. The smallest absolute Gasteiger partial charge is 0.243 e. The van der Waals surface area contributed by atoms with Gasteiger partial charge in [0.15, 0.2) is 5.78 Å². The van der Waals surface area contributed by atoms with Crippen LogP contribution < -0.4 is 20.1 Å². The molecule has 1 amide bonds. The van der Waals surface area contributed by atoms with Crippen molar-refractivity contribution in [2.45, 2.75) is 0 Å². The zero-order valence-corrected chi connectivity index (χ0v) is 17.3. The minimum atomic E-state index is -0.318. The van der Waals surface area contributed by atoms with E-state index in [1.807, 2.05) is 6.07 Å². The Morgan fingerprint density at radius 3 is 2.20 bits per heavy atom. The van der Waals surface area contributed by atoms with Gasteiger partial charge in [0.05, 0.1) is 26.5 Å². The first kappa shape index (κ1) is 21.2. The Morgan fingerprint density at radius 1 is 0.900 bits per heavy atom. The fraction of sp³-hybridized carbons (Fsp3) is 0.130. The van der Waals surface area contributed by atoms with Crippen LogP contribution in [0.2, 0.25) is 5.02 Å². The number of nitrogens with one attached hydrogen (secondary N) is 2. The van der Waals surface area contributed by atoms with Gasteiger partial charge in [0.25, 0.3) is 0 Å². The van der Waals surface area contributed by atoms with Crippen LogP contribution in [0.4, 0.5) is 11.4 Å². The maximum Gasteiger partial charge on any atom is 0.243 e. The molecule has 3 rings (SSSR count). The van der Waals surface area contributed by atoms with E-state index in [1.165, 1.54) is 0 Å². The van der Waals surface area contributed by atoms with Crippen molar-refractivity contribution in [1.29, 1.82) is 0 Å². The van der Waals surface area contributed by atoms with Gasteiger partial charge < -0.3 is 20.1 Å². The predicted octanol–water partition coefficient (Wildman–Crippen LogP) is 4.64. The first-order chi connectivity index (χ1) is 14.5. The highest BCUT2D eigenvalue weighted by Crippen LogP contribution is 2.26. The molecule has 0 bridgehead atoms. The van der Waals surface area contributed by atoms with Crippen molar-refractivity contribution in [3.05, 3.63) is 82.9 Å². The van der Waals surface area contributed by atoms with Crippen LogP contribution in [0, 0.1) is 0 Å². The van der Waals surface area contributed by atoms with Crippen LogP contribution >= 0.6 is 11.6 Å². The number of ether oxygens (including phenoxy) is 2. The monoisotopic (exact) mass is 424 g/mol. The van der Waals surface area contributed by atoms with E-state index in [4.69, 9.17) is 21.1 Å². The van der Waals surface area contributed by atoms with Gasteiger partial charge in [0.1, 0.15) is 11.5 Å². The van der Waals surface area contributed by atoms with Gasteiger partial charge in [-0.25, -0.2) is 0 Å². The van der Waals surface area contributed by atoms with E-state index in [1.54, 1.807) is 74.9 Å². The lowest BCUT2D eigenvalue weighted by atomic mass is 10.0. The molecule has 0 atom stereocenters. The first-order valence-corrected chi connectivity index (χ1v) is 9.54. The molecule has 0 aliphatic heterocycles. The molecule has 0 saturated heterocycles. The number of anilines is 2. The average Bonchev–Trinajstić information content (AvgIpc) is 2.78. The lowest BCUT2D eigenvalue weighted by Crippen LogP contribution is -2.23. The molecule has 2 N–H and O–H groups in total. The molecule has 0 heterocycles. The quantitative estimate of drug-likeness (QED) is 0.515. The maximum absolute atomic E-state index is 12.9. The lowest BCUT2D eigenvalue weighted by molar-refractivity contribution is -0.114. The van der Waals surface area contributed by atoms with Crippen molar-refractivity contribution in [3.63, 3.8) is 0 Å². The summed E-state index contributed by atoms with van der Waals surface area (Å²) in [6, 6.07) is 18.9. The van der Waals surface area contributed by atoms with Crippen molar-refractivity contribution in [3.8, 4) is 11.5 Å². The van der Waals surface area contributed by atoms with Crippen molar-refractivity contribution < 1.29 is 19.1 Å². The fourth-order valence-corrected chi connectivity index (χ4v) is 3.02. The zero-order chi connectivity index (χ0) is 21.5. The molecule has 7 heteroatoms. The molecule has 3 aromatic rings. The molecule has 0 aliphatic rings. The van der Waals surface area contributed by atoms with Gasteiger partial charge in [-0.1, -0.05) is 41.9 Å². The second kappa shape index (κ2) is 9.80. The number of benzene rings is 3. The van der Waals surface area contributed by atoms with E-state index in [-0.39, 0.29) is 18.2 Å². The van der Waals surface area contributed by atoms with Crippen LogP contribution in [-0.2, 0) is 4.79 Å². The van der Waals surface area contributed by atoms with Gasteiger partial charge in [-0.05, 0) is 18.2 Å². The zero-order valence-electron chi connectivity index (χ0n) is 16.6. The third-order valence-corrected chi connectivity index (χ3v) is 4.58. The molecule has 0 aromatic heterocycles. The highest BCUT2D eigenvalue weighted by molar-refractivity contribution is 6.31. The minimum absolute atomic E-state index is 0.0160. The summed E-state index contributed by atoms with van der Waals surface area (Å²) in [7, 11) is 3.11. The summed E-state index contributed by atoms with van der Waals surface area (Å²) in [4.78, 5) is 25.4. The summed E-state index contributed by atoms with van der Waals surface area (Å²) in [5.74, 6) is 0.663. The Bertz CT molecular complexity index is 1030.